The molecule has 0 radical (unpaired) electrons. The number of nitrogens with zero attached hydrogens (tertiary/aromatic N) is 2. The molecule has 2 amide bonds. The second-order valence-corrected chi connectivity index (χ2v) is 7.27. The minimum absolute atomic E-state index is 0.00785. The summed E-state index contributed by atoms with van der Waals surface area (Å²) in [4.78, 5) is 16.7. The molecule has 3 rings (SSSR count). The van der Waals surface area contributed by atoms with Crippen molar-refractivity contribution in [2.45, 2.75) is 27.2 Å². The first kappa shape index (κ1) is 20.1. The number of urea groups is 1. The van der Waals surface area contributed by atoms with Crippen molar-refractivity contribution in [2.75, 3.05) is 44.2 Å². The van der Waals surface area contributed by atoms with Crippen molar-refractivity contribution in [2.24, 2.45) is 0 Å². The summed E-state index contributed by atoms with van der Waals surface area (Å²) >= 11 is 0. The van der Waals surface area contributed by atoms with Gasteiger partial charge in [0.2, 0.25) is 0 Å². The van der Waals surface area contributed by atoms with Gasteiger partial charge in [0.15, 0.2) is 0 Å². The number of piperazine rings is 1. The van der Waals surface area contributed by atoms with E-state index < -0.39 is 0 Å². The lowest BCUT2D eigenvalue weighted by atomic mass is 10.1. The third kappa shape index (κ3) is 4.97. The second kappa shape index (κ2) is 9.49. The Hall–Kier alpha value is -2.69. The standard InChI is InChI=1S/C23H31N3O2/c1-4-20-8-6-9-21(17-20)28-16-11-24-23(27)26-14-12-25(13-15-26)22-10-5-7-18(2)19(22)3/h5-10,17H,4,11-16H2,1-3H3,(H,24,27). The van der Waals surface area contributed by atoms with Crippen molar-refractivity contribution in [3.05, 3.63) is 59.2 Å². The minimum Gasteiger partial charge on any atom is -0.492 e. The molecule has 0 spiro atoms. The molecule has 1 aliphatic rings. The molecular weight excluding hydrogens is 350 g/mol. The summed E-state index contributed by atoms with van der Waals surface area (Å²) in [5, 5.41) is 2.97. The van der Waals surface area contributed by atoms with Gasteiger partial charge in [-0.3, -0.25) is 0 Å². The number of carbonyl (C=O) groups excluding carboxylic acids is 1. The maximum absolute atomic E-state index is 12.4. The number of rotatable bonds is 6. The molecule has 1 aliphatic heterocycles. The fourth-order valence-corrected chi connectivity index (χ4v) is 3.52. The zero-order valence-electron chi connectivity index (χ0n) is 17.2. The van der Waals surface area contributed by atoms with Crippen molar-refractivity contribution < 1.29 is 9.53 Å². The van der Waals surface area contributed by atoms with Crippen LogP contribution < -0.4 is 15.0 Å². The van der Waals surface area contributed by atoms with Crippen LogP contribution in [0.3, 0.4) is 0 Å². The third-order valence-corrected chi connectivity index (χ3v) is 5.44. The predicted molar refractivity (Wildman–Crippen MR) is 114 cm³/mol. The molecule has 1 saturated heterocycles. The first-order valence-electron chi connectivity index (χ1n) is 10.1. The number of carbonyl (C=O) groups is 1. The Balaban J connectivity index is 1.41. The van der Waals surface area contributed by atoms with E-state index in [1.165, 1.54) is 22.4 Å². The lowest BCUT2D eigenvalue weighted by Gasteiger charge is -2.37. The van der Waals surface area contributed by atoms with E-state index in [0.29, 0.717) is 13.2 Å². The summed E-state index contributed by atoms with van der Waals surface area (Å²) in [6, 6.07) is 14.5. The van der Waals surface area contributed by atoms with Crippen molar-refractivity contribution >= 4 is 11.7 Å². The van der Waals surface area contributed by atoms with Gasteiger partial charge in [-0.15, -0.1) is 0 Å². The molecule has 0 saturated carbocycles. The van der Waals surface area contributed by atoms with Crippen molar-refractivity contribution in [1.29, 1.82) is 0 Å². The highest BCUT2D eigenvalue weighted by atomic mass is 16.5. The largest absolute Gasteiger partial charge is 0.492 e. The topological polar surface area (TPSA) is 44.8 Å². The average molecular weight is 382 g/mol. The highest BCUT2D eigenvalue weighted by Crippen LogP contribution is 2.23. The second-order valence-electron chi connectivity index (χ2n) is 7.27. The molecule has 28 heavy (non-hydrogen) atoms. The molecule has 0 aliphatic carbocycles. The summed E-state index contributed by atoms with van der Waals surface area (Å²) < 4.78 is 5.74. The summed E-state index contributed by atoms with van der Waals surface area (Å²) in [5.41, 5.74) is 5.16. The van der Waals surface area contributed by atoms with E-state index in [1.54, 1.807) is 0 Å². The average Bonchev–Trinajstić information content (AvgIpc) is 2.73. The molecule has 0 bridgehead atoms. The van der Waals surface area contributed by atoms with E-state index in [0.717, 1.165) is 38.3 Å². The first-order valence-corrected chi connectivity index (χ1v) is 10.1. The molecule has 1 fully saturated rings. The van der Waals surface area contributed by atoms with Crippen LogP contribution in [0, 0.1) is 13.8 Å². The monoisotopic (exact) mass is 381 g/mol. The Morgan fingerprint density at radius 2 is 1.82 bits per heavy atom. The fourth-order valence-electron chi connectivity index (χ4n) is 3.52. The number of hydrogen-bond acceptors (Lipinski definition) is 3. The summed E-state index contributed by atoms with van der Waals surface area (Å²) in [5.74, 6) is 0.857. The SMILES string of the molecule is CCc1cccc(OCCNC(=O)N2CCN(c3cccc(C)c3C)CC2)c1. The zero-order chi connectivity index (χ0) is 19.9. The number of benzene rings is 2. The van der Waals surface area contributed by atoms with Crippen LogP contribution in [-0.4, -0.2) is 50.3 Å². The van der Waals surface area contributed by atoms with E-state index in [2.05, 4.69) is 55.3 Å². The summed E-state index contributed by atoms with van der Waals surface area (Å²) in [6.07, 6.45) is 0.988. The molecule has 2 aromatic rings. The van der Waals surface area contributed by atoms with Crippen LogP contribution in [0.5, 0.6) is 5.75 Å². The van der Waals surface area contributed by atoms with Gasteiger partial charge < -0.3 is 19.9 Å². The molecule has 0 aromatic heterocycles. The van der Waals surface area contributed by atoms with Crippen LogP contribution in [0.1, 0.15) is 23.6 Å². The third-order valence-electron chi connectivity index (χ3n) is 5.44. The molecule has 0 atom stereocenters. The van der Waals surface area contributed by atoms with Crippen molar-refractivity contribution in [3.63, 3.8) is 0 Å². The van der Waals surface area contributed by atoms with Crippen LogP contribution in [0.4, 0.5) is 10.5 Å². The Labute approximate surface area is 168 Å². The minimum atomic E-state index is -0.00785. The summed E-state index contributed by atoms with van der Waals surface area (Å²) in [7, 11) is 0. The molecule has 5 heteroatoms. The number of nitrogens with one attached hydrogen (secondary N) is 1. The quantitative estimate of drug-likeness (QED) is 0.775. The van der Waals surface area contributed by atoms with Gasteiger partial charge in [-0.05, 0) is 55.2 Å². The van der Waals surface area contributed by atoms with E-state index >= 15 is 0 Å². The van der Waals surface area contributed by atoms with E-state index in [9.17, 15) is 4.79 Å². The van der Waals surface area contributed by atoms with Crippen molar-refractivity contribution in [1.82, 2.24) is 10.2 Å². The summed E-state index contributed by atoms with van der Waals surface area (Å²) in [6.45, 7) is 10.6. The van der Waals surface area contributed by atoms with E-state index in [4.69, 9.17) is 4.74 Å². The highest BCUT2D eigenvalue weighted by Gasteiger charge is 2.22. The van der Waals surface area contributed by atoms with Gasteiger partial charge >= 0.3 is 6.03 Å². The van der Waals surface area contributed by atoms with Crippen LogP contribution in [0.25, 0.3) is 0 Å². The molecule has 2 aromatic carbocycles. The van der Waals surface area contributed by atoms with E-state index in [1.807, 2.05) is 23.1 Å². The predicted octanol–water partition coefficient (Wildman–Crippen LogP) is 3.78. The Morgan fingerprint density at radius 3 is 2.57 bits per heavy atom. The molecule has 5 nitrogen and oxygen atoms in total. The lowest BCUT2D eigenvalue weighted by Crippen LogP contribution is -2.52. The highest BCUT2D eigenvalue weighted by molar-refractivity contribution is 5.74. The van der Waals surface area contributed by atoms with Gasteiger partial charge in [0.05, 0.1) is 6.54 Å². The fraction of sp³-hybridized carbons (Fsp3) is 0.435. The van der Waals surface area contributed by atoms with Gasteiger partial charge in [-0.1, -0.05) is 31.2 Å². The molecule has 1 N–H and O–H groups in total. The van der Waals surface area contributed by atoms with Crippen molar-refractivity contribution in [3.8, 4) is 5.75 Å². The number of ether oxygens (including phenoxy) is 1. The maximum Gasteiger partial charge on any atom is 0.317 e. The van der Waals surface area contributed by atoms with Crippen LogP contribution in [0.15, 0.2) is 42.5 Å². The van der Waals surface area contributed by atoms with Gasteiger partial charge in [-0.2, -0.15) is 0 Å². The normalized spacial score (nSPS) is 14.1. The number of anilines is 1. The lowest BCUT2D eigenvalue weighted by molar-refractivity contribution is 0.191. The molecular formula is C23H31N3O2. The number of aryl methyl sites for hydroxylation is 2. The first-order chi connectivity index (χ1) is 13.6. The smallest absolute Gasteiger partial charge is 0.317 e. The molecule has 150 valence electrons. The van der Waals surface area contributed by atoms with Gasteiger partial charge in [0.1, 0.15) is 12.4 Å². The Kier molecular flexibility index (Phi) is 6.80. The van der Waals surface area contributed by atoms with Crippen LogP contribution in [-0.2, 0) is 6.42 Å². The number of hydrogen-bond donors (Lipinski definition) is 1. The molecule has 1 heterocycles. The Morgan fingerprint density at radius 1 is 1.07 bits per heavy atom. The maximum atomic E-state index is 12.4. The van der Waals surface area contributed by atoms with E-state index in [-0.39, 0.29) is 6.03 Å². The van der Waals surface area contributed by atoms with Gasteiger partial charge in [0, 0.05) is 31.9 Å². The number of amides is 2. The van der Waals surface area contributed by atoms with Crippen LogP contribution in [0.2, 0.25) is 0 Å². The molecule has 0 unspecified atom stereocenters. The van der Waals surface area contributed by atoms with Gasteiger partial charge in [-0.25, -0.2) is 4.79 Å². The zero-order valence-corrected chi connectivity index (χ0v) is 17.2. The van der Waals surface area contributed by atoms with Gasteiger partial charge in [0.25, 0.3) is 0 Å². The van der Waals surface area contributed by atoms with Crippen LogP contribution >= 0.6 is 0 Å². The Bertz CT molecular complexity index is 798.